The summed E-state index contributed by atoms with van der Waals surface area (Å²) in [5.74, 6) is 0. The first-order valence-corrected chi connectivity index (χ1v) is 8.71. The van der Waals surface area contributed by atoms with E-state index in [9.17, 15) is 0 Å². The molecule has 0 bridgehead atoms. The van der Waals surface area contributed by atoms with Crippen molar-refractivity contribution < 1.29 is 0 Å². The summed E-state index contributed by atoms with van der Waals surface area (Å²) in [7, 11) is 0. The smallest absolute Gasteiger partial charge is 0.0743 e. The van der Waals surface area contributed by atoms with Gasteiger partial charge in [-0.3, -0.25) is 4.68 Å². The van der Waals surface area contributed by atoms with E-state index in [1.165, 1.54) is 28.1 Å². The number of aromatic nitrogens is 2. The molecule has 3 heteroatoms. The van der Waals surface area contributed by atoms with Gasteiger partial charge < -0.3 is 5.32 Å². The Morgan fingerprint density at radius 1 is 1.04 bits per heavy atom. The lowest BCUT2D eigenvalue weighted by atomic mass is 10.0. The monoisotopic (exact) mass is 317 g/mol. The maximum Gasteiger partial charge on any atom is 0.0743 e. The van der Waals surface area contributed by atoms with Crippen LogP contribution in [0.3, 0.4) is 0 Å². The second kappa shape index (κ2) is 6.62. The molecular formula is C21H23N3. The molecule has 2 heterocycles. The SMILES string of the molecule is CC(c1ccccc1)n1nc(Cc2ccccc2)c2c1CCNC2. The van der Waals surface area contributed by atoms with Gasteiger partial charge in [0, 0.05) is 37.2 Å². The fraction of sp³-hybridized carbons (Fsp3) is 0.286. The Bertz CT molecular complexity index is 806. The maximum absolute atomic E-state index is 5.04. The summed E-state index contributed by atoms with van der Waals surface area (Å²) in [6.45, 7) is 4.21. The van der Waals surface area contributed by atoms with Crippen LogP contribution in [0.15, 0.2) is 60.7 Å². The summed E-state index contributed by atoms with van der Waals surface area (Å²) < 4.78 is 2.25. The number of hydrogen-bond acceptors (Lipinski definition) is 2. The molecule has 1 unspecified atom stereocenters. The molecule has 3 nitrogen and oxygen atoms in total. The maximum atomic E-state index is 5.04. The van der Waals surface area contributed by atoms with Crippen molar-refractivity contribution in [3.8, 4) is 0 Å². The first-order valence-electron chi connectivity index (χ1n) is 8.71. The molecule has 3 aromatic rings. The van der Waals surface area contributed by atoms with Crippen molar-refractivity contribution >= 4 is 0 Å². The van der Waals surface area contributed by atoms with Crippen molar-refractivity contribution in [1.29, 1.82) is 0 Å². The number of rotatable bonds is 4. The molecule has 1 N–H and O–H groups in total. The summed E-state index contributed by atoms with van der Waals surface area (Å²) in [4.78, 5) is 0. The second-order valence-electron chi connectivity index (χ2n) is 6.49. The average molecular weight is 317 g/mol. The van der Waals surface area contributed by atoms with Gasteiger partial charge in [-0.1, -0.05) is 60.7 Å². The normalized spacial score (nSPS) is 15.0. The molecule has 0 fully saturated rings. The predicted molar refractivity (Wildman–Crippen MR) is 97.1 cm³/mol. The summed E-state index contributed by atoms with van der Waals surface area (Å²) in [6.07, 6.45) is 1.95. The Morgan fingerprint density at radius 2 is 1.75 bits per heavy atom. The van der Waals surface area contributed by atoms with E-state index in [0.717, 1.165) is 25.9 Å². The third-order valence-electron chi connectivity index (χ3n) is 4.91. The standard InChI is InChI=1S/C21H23N3/c1-16(18-10-6-3-7-11-18)24-21-12-13-22-15-19(21)20(23-24)14-17-8-4-2-5-9-17/h2-11,16,22H,12-15H2,1H3. The highest BCUT2D eigenvalue weighted by molar-refractivity contribution is 5.34. The number of nitrogens with zero attached hydrogens (tertiary/aromatic N) is 2. The molecule has 0 amide bonds. The van der Waals surface area contributed by atoms with E-state index in [1.807, 2.05) is 0 Å². The van der Waals surface area contributed by atoms with Gasteiger partial charge in [0.25, 0.3) is 0 Å². The molecule has 122 valence electrons. The molecule has 0 radical (unpaired) electrons. The van der Waals surface area contributed by atoms with Crippen molar-refractivity contribution in [1.82, 2.24) is 15.1 Å². The van der Waals surface area contributed by atoms with Gasteiger partial charge in [-0.2, -0.15) is 5.10 Å². The van der Waals surface area contributed by atoms with Crippen molar-refractivity contribution in [2.45, 2.75) is 32.4 Å². The third-order valence-corrected chi connectivity index (χ3v) is 4.91. The van der Waals surface area contributed by atoms with Crippen molar-refractivity contribution in [2.75, 3.05) is 6.54 Å². The summed E-state index contributed by atoms with van der Waals surface area (Å²) in [5.41, 5.74) is 6.64. The number of nitrogens with one attached hydrogen (secondary N) is 1. The van der Waals surface area contributed by atoms with E-state index in [4.69, 9.17) is 5.10 Å². The van der Waals surface area contributed by atoms with Crippen LogP contribution in [0.5, 0.6) is 0 Å². The van der Waals surface area contributed by atoms with Crippen LogP contribution in [-0.2, 0) is 19.4 Å². The molecule has 0 saturated heterocycles. The Balaban J connectivity index is 1.72. The van der Waals surface area contributed by atoms with Gasteiger partial charge >= 0.3 is 0 Å². The molecule has 2 aromatic carbocycles. The summed E-state index contributed by atoms with van der Waals surface area (Å²) in [6, 6.07) is 21.6. The van der Waals surface area contributed by atoms with Gasteiger partial charge in [0.15, 0.2) is 0 Å². The number of hydrogen-bond donors (Lipinski definition) is 1. The Labute approximate surface area is 143 Å². The number of fused-ring (bicyclic) bond motifs is 1. The Morgan fingerprint density at radius 3 is 2.50 bits per heavy atom. The highest BCUT2D eigenvalue weighted by Crippen LogP contribution is 2.26. The molecular weight excluding hydrogens is 294 g/mol. The fourth-order valence-corrected chi connectivity index (χ4v) is 3.57. The van der Waals surface area contributed by atoms with Crippen LogP contribution in [0.25, 0.3) is 0 Å². The second-order valence-corrected chi connectivity index (χ2v) is 6.49. The van der Waals surface area contributed by atoms with Crippen LogP contribution in [0, 0.1) is 0 Å². The molecule has 0 aliphatic carbocycles. The topological polar surface area (TPSA) is 29.9 Å². The lowest BCUT2D eigenvalue weighted by Crippen LogP contribution is -2.26. The predicted octanol–water partition coefficient (Wildman–Crippen LogP) is 3.73. The first-order chi connectivity index (χ1) is 11.8. The minimum Gasteiger partial charge on any atom is -0.312 e. The molecule has 24 heavy (non-hydrogen) atoms. The molecule has 1 aromatic heterocycles. The van der Waals surface area contributed by atoms with Crippen LogP contribution in [0.4, 0.5) is 0 Å². The minimum absolute atomic E-state index is 0.266. The zero-order chi connectivity index (χ0) is 16.4. The molecule has 0 saturated carbocycles. The lowest BCUT2D eigenvalue weighted by molar-refractivity contribution is 0.515. The van der Waals surface area contributed by atoms with Gasteiger partial charge in [0.2, 0.25) is 0 Å². The zero-order valence-electron chi connectivity index (χ0n) is 14.1. The highest BCUT2D eigenvalue weighted by atomic mass is 15.3. The zero-order valence-corrected chi connectivity index (χ0v) is 14.1. The first kappa shape index (κ1) is 15.2. The number of benzene rings is 2. The highest BCUT2D eigenvalue weighted by Gasteiger charge is 2.23. The van der Waals surface area contributed by atoms with Crippen LogP contribution in [0.2, 0.25) is 0 Å². The van der Waals surface area contributed by atoms with E-state index in [0.29, 0.717) is 0 Å². The van der Waals surface area contributed by atoms with Gasteiger partial charge in [0.1, 0.15) is 0 Å². The van der Waals surface area contributed by atoms with Crippen molar-refractivity contribution in [3.05, 3.63) is 88.7 Å². The molecule has 0 spiro atoms. The fourth-order valence-electron chi connectivity index (χ4n) is 3.57. The van der Waals surface area contributed by atoms with Gasteiger partial charge in [-0.05, 0) is 18.1 Å². The van der Waals surface area contributed by atoms with Crippen molar-refractivity contribution in [2.24, 2.45) is 0 Å². The third kappa shape index (κ3) is 2.87. The van der Waals surface area contributed by atoms with Crippen LogP contribution in [0.1, 0.15) is 41.0 Å². The van der Waals surface area contributed by atoms with Gasteiger partial charge in [-0.25, -0.2) is 0 Å². The quantitative estimate of drug-likeness (QED) is 0.794. The largest absolute Gasteiger partial charge is 0.312 e. The van der Waals surface area contributed by atoms with E-state index >= 15 is 0 Å². The molecule has 4 rings (SSSR count). The Kier molecular flexibility index (Phi) is 4.18. The van der Waals surface area contributed by atoms with Crippen LogP contribution < -0.4 is 5.32 Å². The van der Waals surface area contributed by atoms with Crippen LogP contribution in [-0.4, -0.2) is 16.3 Å². The molecule has 1 aliphatic rings. The van der Waals surface area contributed by atoms with Crippen LogP contribution >= 0.6 is 0 Å². The van der Waals surface area contributed by atoms with E-state index in [1.54, 1.807) is 0 Å². The molecule has 1 atom stereocenters. The summed E-state index contributed by atoms with van der Waals surface area (Å²) in [5, 5.41) is 8.55. The van der Waals surface area contributed by atoms with Gasteiger partial charge in [-0.15, -0.1) is 0 Å². The minimum atomic E-state index is 0.266. The van der Waals surface area contributed by atoms with Crippen molar-refractivity contribution in [3.63, 3.8) is 0 Å². The van der Waals surface area contributed by atoms with E-state index < -0.39 is 0 Å². The van der Waals surface area contributed by atoms with Gasteiger partial charge in [0.05, 0.1) is 11.7 Å². The Hall–Kier alpha value is -2.39. The van der Waals surface area contributed by atoms with E-state index in [-0.39, 0.29) is 6.04 Å². The lowest BCUT2D eigenvalue weighted by Gasteiger charge is -2.20. The average Bonchev–Trinajstić information content (AvgIpc) is 3.01. The molecule has 1 aliphatic heterocycles. The summed E-state index contributed by atoms with van der Waals surface area (Å²) >= 11 is 0. The van der Waals surface area contributed by atoms with E-state index in [2.05, 4.69) is 77.6 Å².